The Labute approximate surface area is 76.0 Å². The van der Waals surface area contributed by atoms with Crippen LogP contribution in [0.2, 0.25) is 0 Å². The van der Waals surface area contributed by atoms with E-state index in [2.05, 4.69) is 15.6 Å². The van der Waals surface area contributed by atoms with Crippen molar-refractivity contribution in [1.29, 1.82) is 0 Å². The Bertz CT molecular complexity index is 325. The van der Waals surface area contributed by atoms with Crippen molar-refractivity contribution < 1.29 is 4.79 Å². The number of aromatic nitrogens is 1. The summed E-state index contributed by atoms with van der Waals surface area (Å²) in [6.45, 7) is 1.46. The van der Waals surface area contributed by atoms with Crippen molar-refractivity contribution in [3.05, 3.63) is 29.7 Å². The van der Waals surface area contributed by atoms with Gasteiger partial charge in [-0.15, -0.1) is 0 Å². The van der Waals surface area contributed by atoms with E-state index in [1.165, 1.54) is 0 Å². The highest BCUT2D eigenvalue weighted by atomic mass is 16.1. The van der Waals surface area contributed by atoms with Crippen LogP contribution in [0, 0.1) is 0 Å². The predicted molar refractivity (Wildman–Crippen MR) is 47.7 cm³/mol. The first-order valence-electron chi connectivity index (χ1n) is 4.21. The first-order valence-corrected chi connectivity index (χ1v) is 4.21. The Balaban J connectivity index is 2.26. The minimum atomic E-state index is -0.110. The number of rotatable bonds is 1. The highest BCUT2D eigenvalue weighted by Crippen LogP contribution is 2.18. The van der Waals surface area contributed by atoms with Crippen LogP contribution in [-0.2, 0) is 4.79 Å². The number of carbonyl (C=O) groups excluding carboxylic acids is 1. The Morgan fingerprint density at radius 3 is 3.23 bits per heavy atom. The van der Waals surface area contributed by atoms with Gasteiger partial charge in [-0.2, -0.15) is 0 Å². The second-order valence-electron chi connectivity index (χ2n) is 2.88. The summed E-state index contributed by atoms with van der Waals surface area (Å²) in [6.07, 6.45) is 1.83. The lowest BCUT2D eigenvalue weighted by atomic mass is 10.1. The lowest BCUT2D eigenvalue weighted by Crippen LogP contribution is -2.37. The van der Waals surface area contributed by atoms with E-state index in [0.29, 0.717) is 12.2 Å². The number of hydrogen-bond donors (Lipinski definition) is 2. The van der Waals surface area contributed by atoms with E-state index in [1.54, 1.807) is 0 Å². The van der Waals surface area contributed by atoms with Crippen LogP contribution in [0.4, 0.5) is 0 Å². The summed E-state index contributed by atoms with van der Waals surface area (Å²) >= 11 is 0. The summed E-state index contributed by atoms with van der Waals surface area (Å²) in [7, 11) is 0. The van der Waals surface area contributed by atoms with Gasteiger partial charge in [0.05, 0.1) is 6.54 Å². The van der Waals surface area contributed by atoms with Crippen LogP contribution in [0.5, 0.6) is 0 Å². The largest absolute Gasteiger partial charge is 0.363 e. The summed E-state index contributed by atoms with van der Waals surface area (Å²) in [6, 6.07) is 3.71. The summed E-state index contributed by atoms with van der Waals surface area (Å²) < 4.78 is 0. The third kappa shape index (κ3) is 1.49. The van der Waals surface area contributed by atoms with Gasteiger partial charge in [-0.05, 0) is 12.1 Å². The number of H-pyrrole nitrogens is 1. The van der Waals surface area contributed by atoms with Crippen LogP contribution in [0.25, 0.3) is 0 Å². The zero-order valence-corrected chi connectivity index (χ0v) is 7.08. The predicted octanol–water partition coefficient (Wildman–Crippen LogP) is -0.0211. The van der Waals surface area contributed by atoms with Crippen LogP contribution < -0.4 is 10.6 Å². The average Bonchev–Trinajstić information content (AvgIpc) is 2.70. The monoisotopic (exact) mass is 176 g/mol. The second kappa shape index (κ2) is 3.47. The third-order valence-corrected chi connectivity index (χ3v) is 2.05. The minimum absolute atomic E-state index is 0.110. The molecule has 0 spiro atoms. The fourth-order valence-corrected chi connectivity index (χ4v) is 1.45. The van der Waals surface area contributed by atoms with Gasteiger partial charge in [0.15, 0.2) is 0 Å². The SMILES string of the molecule is O=C=C1[N]CCNC1c1ccc[nH]1. The maximum atomic E-state index is 10.6. The Morgan fingerprint density at radius 1 is 1.62 bits per heavy atom. The van der Waals surface area contributed by atoms with Crippen molar-refractivity contribution in [2.45, 2.75) is 6.04 Å². The molecule has 67 valence electrons. The van der Waals surface area contributed by atoms with Gasteiger partial charge < -0.3 is 10.3 Å². The van der Waals surface area contributed by atoms with Gasteiger partial charge >= 0.3 is 0 Å². The highest BCUT2D eigenvalue weighted by Gasteiger charge is 2.22. The van der Waals surface area contributed by atoms with Crippen molar-refractivity contribution in [2.75, 3.05) is 13.1 Å². The fraction of sp³-hybridized carbons (Fsp3) is 0.333. The van der Waals surface area contributed by atoms with Crippen molar-refractivity contribution in [1.82, 2.24) is 15.6 Å². The molecule has 4 heteroatoms. The molecule has 2 rings (SSSR count). The fourth-order valence-electron chi connectivity index (χ4n) is 1.45. The molecule has 1 fully saturated rings. The van der Waals surface area contributed by atoms with Gasteiger partial charge in [0.25, 0.3) is 0 Å². The lowest BCUT2D eigenvalue weighted by Gasteiger charge is -2.22. The van der Waals surface area contributed by atoms with Crippen LogP contribution in [-0.4, -0.2) is 24.0 Å². The minimum Gasteiger partial charge on any atom is -0.363 e. The Hall–Kier alpha value is -1.51. The van der Waals surface area contributed by atoms with Crippen LogP contribution >= 0.6 is 0 Å². The van der Waals surface area contributed by atoms with Gasteiger partial charge in [-0.1, -0.05) is 0 Å². The van der Waals surface area contributed by atoms with E-state index < -0.39 is 0 Å². The van der Waals surface area contributed by atoms with Gasteiger partial charge in [-0.3, -0.25) is 5.32 Å². The quantitative estimate of drug-likeness (QED) is 0.591. The van der Waals surface area contributed by atoms with Crippen molar-refractivity contribution in [3.8, 4) is 0 Å². The lowest BCUT2D eigenvalue weighted by molar-refractivity contribution is 0.479. The zero-order chi connectivity index (χ0) is 9.10. The Morgan fingerprint density at radius 2 is 2.54 bits per heavy atom. The molecule has 1 atom stereocenters. The van der Waals surface area contributed by atoms with Crippen molar-refractivity contribution in [3.63, 3.8) is 0 Å². The maximum absolute atomic E-state index is 10.6. The maximum Gasteiger partial charge on any atom is 0.149 e. The molecule has 0 amide bonds. The highest BCUT2D eigenvalue weighted by molar-refractivity contribution is 5.55. The van der Waals surface area contributed by atoms with E-state index in [0.717, 1.165) is 12.2 Å². The number of nitrogens with zero attached hydrogens (tertiary/aromatic N) is 1. The molecule has 2 heterocycles. The van der Waals surface area contributed by atoms with Crippen molar-refractivity contribution in [2.24, 2.45) is 0 Å². The molecule has 0 bridgehead atoms. The molecule has 1 unspecified atom stereocenters. The molecule has 13 heavy (non-hydrogen) atoms. The van der Waals surface area contributed by atoms with E-state index >= 15 is 0 Å². The summed E-state index contributed by atoms with van der Waals surface area (Å²) in [5.74, 6) is 1.86. The van der Waals surface area contributed by atoms with Crippen LogP contribution in [0.1, 0.15) is 11.7 Å². The standard InChI is InChI=1S/C9H10N3O/c13-6-8-9(12-5-4-11-8)7-2-1-3-10-7/h1-3,9-10,12H,4-5H2. The normalized spacial score (nSPS) is 22.2. The number of nitrogens with one attached hydrogen (secondary N) is 2. The summed E-state index contributed by atoms with van der Waals surface area (Å²) in [4.78, 5) is 13.6. The van der Waals surface area contributed by atoms with Crippen LogP contribution in [0.3, 0.4) is 0 Å². The second-order valence-corrected chi connectivity index (χ2v) is 2.88. The smallest absolute Gasteiger partial charge is 0.149 e. The molecule has 2 N–H and O–H groups in total. The van der Waals surface area contributed by atoms with Gasteiger partial charge in [0.2, 0.25) is 0 Å². The number of piperazine rings is 1. The average molecular weight is 176 g/mol. The van der Waals surface area contributed by atoms with Gasteiger partial charge in [-0.25, -0.2) is 4.79 Å². The van der Waals surface area contributed by atoms with E-state index in [1.807, 2.05) is 24.3 Å². The topological polar surface area (TPSA) is 59.0 Å². The van der Waals surface area contributed by atoms with E-state index in [9.17, 15) is 4.79 Å². The molecule has 0 aromatic carbocycles. The van der Waals surface area contributed by atoms with Gasteiger partial charge in [0.1, 0.15) is 17.7 Å². The molecule has 0 aliphatic carbocycles. The molecule has 1 aliphatic rings. The molecule has 1 aromatic heterocycles. The van der Waals surface area contributed by atoms with Crippen LogP contribution in [0.15, 0.2) is 24.0 Å². The first-order chi connectivity index (χ1) is 6.42. The van der Waals surface area contributed by atoms with Gasteiger partial charge in [0, 0.05) is 18.4 Å². The third-order valence-electron chi connectivity index (χ3n) is 2.05. The Kier molecular flexibility index (Phi) is 2.17. The molecule has 1 radical (unpaired) electrons. The molecular formula is C9H10N3O. The molecule has 1 aliphatic heterocycles. The summed E-state index contributed by atoms with van der Waals surface area (Å²) in [5, 5.41) is 7.29. The van der Waals surface area contributed by atoms with E-state index in [-0.39, 0.29) is 6.04 Å². The summed E-state index contributed by atoms with van der Waals surface area (Å²) in [5.41, 5.74) is 1.41. The molecular weight excluding hydrogens is 166 g/mol. The first kappa shape index (κ1) is 8.10. The number of aromatic amines is 1. The van der Waals surface area contributed by atoms with Crippen molar-refractivity contribution >= 4 is 5.94 Å². The number of hydrogen-bond acceptors (Lipinski definition) is 2. The molecule has 1 aromatic rings. The molecule has 4 nitrogen and oxygen atoms in total. The zero-order valence-electron chi connectivity index (χ0n) is 7.08. The van der Waals surface area contributed by atoms with E-state index in [4.69, 9.17) is 0 Å². The molecule has 0 saturated carbocycles. The molecule has 1 saturated heterocycles.